The maximum Gasteiger partial charge on any atom is 0.273 e. The molecule has 2 aromatic rings. The molecule has 0 aliphatic carbocycles. The molecule has 2 heterocycles. The van der Waals surface area contributed by atoms with Crippen LogP contribution in [-0.2, 0) is 0 Å². The van der Waals surface area contributed by atoms with E-state index < -0.39 is 5.60 Å². The summed E-state index contributed by atoms with van der Waals surface area (Å²) in [4.78, 5) is 16.0. The van der Waals surface area contributed by atoms with E-state index in [9.17, 15) is 9.90 Å². The lowest BCUT2D eigenvalue weighted by Crippen LogP contribution is -2.42. The normalized spacial score (nSPS) is 11.4. The second-order valence-corrected chi connectivity index (χ2v) is 4.93. The van der Waals surface area contributed by atoms with Crippen LogP contribution in [0.2, 0.25) is 0 Å². The van der Waals surface area contributed by atoms with Gasteiger partial charge in [-0.15, -0.1) is 0 Å². The van der Waals surface area contributed by atoms with Crippen LogP contribution in [-0.4, -0.2) is 33.3 Å². The molecule has 1 amide bonds. The lowest BCUT2D eigenvalue weighted by molar-refractivity contribution is 0.0312. The third kappa shape index (κ3) is 3.66. The molecule has 2 rings (SSSR count). The van der Waals surface area contributed by atoms with E-state index in [0.717, 1.165) is 5.56 Å². The molecule has 21 heavy (non-hydrogen) atoms. The molecule has 0 aliphatic heterocycles. The molecule has 2 aromatic heterocycles. The highest BCUT2D eigenvalue weighted by molar-refractivity contribution is 5.93. The minimum atomic E-state index is -0.883. The van der Waals surface area contributed by atoms with Crippen molar-refractivity contribution >= 4 is 5.91 Å². The number of hydrogen-bond donors (Lipinski definition) is 2. The summed E-state index contributed by atoms with van der Waals surface area (Å²) in [5, 5.41) is 16.6. The molecule has 0 saturated heterocycles. The zero-order valence-electron chi connectivity index (χ0n) is 12.2. The highest BCUT2D eigenvalue weighted by atomic mass is 16.5. The molecule has 0 spiro atoms. The topological polar surface area (TPSA) is 88.2 Å². The highest BCUT2D eigenvalue weighted by Crippen LogP contribution is 2.19. The van der Waals surface area contributed by atoms with E-state index in [1.54, 1.807) is 24.5 Å². The van der Waals surface area contributed by atoms with Crippen LogP contribution in [0, 0.1) is 0 Å². The van der Waals surface area contributed by atoms with Crippen molar-refractivity contribution in [3.63, 3.8) is 0 Å². The lowest BCUT2D eigenvalue weighted by atomic mass is 9.97. The highest BCUT2D eigenvalue weighted by Gasteiger charge is 2.24. The van der Waals surface area contributed by atoms with E-state index in [1.807, 2.05) is 19.9 Å². The summed E-state index contributed by atoms with van der Waals surface area (Å²) in [6.45, 7) is 3.95. The van der Waals surface area contributed by atoms with Gasteiger partial charge in [0.15, 0.2) is 11.5 Å². The van der Waals surface area contributed by atoms with Crippen LogP contribution in [0.5, 0.6) is 0 Å². The molecular formula is C15H19N3O3. The van der Waals surface area contributed by atoms with E-state index in [-0.39, 0.29) is 18.1 Å². The van der Waals surface area contributed by atoms with Crippen LogP contribution in [0.3, 0.4) is 0 Å². The number of aliphatic hydroxyl groups is 1. The molecule has 0 unspecified atom stereocenters. The number of rotatable bonds is 6. The van der Waals surface area contributed by atoms with Gasteiger partial charge in [0.1, 0.15) is 0 Å². The lowest BCUT2D eigenvalue weighted by Gasteiger charge is -2.24. The summed E-state index contributed by atoms with van der Waals surface area (Å²) in [6, 6.07) is 5.16. The molecule has 0 aromatic carbocycles. The second-order valence-electron chi connectivity index (χ2n) is 4.93. The van der Waals surface area contributed by atoms with Gasteiger partial charge in [0.05, 0.1) is 5.60 Å². The number of carbonyl (C=O) groups is 1. The summed E-state index contributed by atoms with van der Waals surface area (Å²) in [6.07, 6.45) is 4.44. The van der Waals surface area contributed by atoms with E-state index >= 15 is 0 Å². The Kier molecular flexibility index (Phi) is 4.70. The number of nitrogens with one attached hydrogen (secondary N) is 1. The van der Waals surface area contributed by atoms with Gasteiger partial charge in [-0.05, 0) is 25.0 Å². The Hall–Kier alpha value is -2.21. The molecule has 0 radical (unpaired) electrons. The fraction of sp³-hybridized carbons (Fsp3) is 0.400. The van der Waals surface area contributed by atoms with Gasteiger partial charge in [0.2, 0.25) is 0 Å². The summed E-state index contributed by atoms with van der Waals surface area (Å²) in [5.74, 6) is 0.115. The number of aromatic nitrogens is 2. The van der Waals surface area contributed by atoms with Crippen LogP contribution in [0.4, 0.5) is 0 Å². The number of hydrogen-bond acceptors (Lipinski definition) is 5. The summed E-state index contributed by atoms with van der Waals surface area (Å²) in [5.41, 5.74) is 0.0528. The predicted molar refractivity (Wildman–Crippen MR) is 77.6 cm³/mol. The molecular weight excluding hydrogens is 270 g/mol. The molecule has 0 atom stereocenters. The first-order valence-electron chi connectivity index (χ1n) is 6.95. The van der Waals surface area contributed by atoms with Crippen LogP contribution >= 0.6 is 0 Å². The number of pyridine rings is 1. The Morgan fingerprint density at radius 1 is 1.43 bits per heavy atom. The summed E-state index contributed by atoms with van der Waals surface area (Å²) in [7, 11) is 0. The van der Waals surface area contributed by atoms with E-state index in [1.165, 1.54) is 0 Å². The first-order chi connectivity index (χ1) is 10.1. The van der Waals surface area contributed by atoms with Gasteiger partial charge >= 0.3 is 0 Å². The van der Waals surface area contributed by atoms with Gasteiger partial charge in [-0.1, -0.05) is 19.0 Å². The number of nitrogens with zero attached hydrogens (tertiary/aromatic N) is 2. The van der Waals surface area contributed by atoms with Crippen molar-refractivity contribution in [3.05, 3.63) is 36.3 Å². The fourth-order valence-corrected chi connectivity index (χ4v) is 1.86. The van der Waals surface area contributed by atoms with Gasteiger partial charge in [-0.2, -0.15) is 0 Å². The first-order valence-corrected chi connectivity index (χ1v) is 6.95. The molecule has 2 N–H and O–H groups in total. The van der Waals surface area contributed by atoms with Crippen molar-refractivity contribution in [1.82, 2.24) is 15.5 Å². The van der Waals surface area contributed by atoms with E-state index in [0.29, 0.717) is 18.6 Å². The summed E-state index contributed by atoms with van der Waals surface area (Å²) < 4.78 is 5.14. The van der Waals surface area contributed by atoms with Crippen LogP contribution in [0.15, 0.2) is 35.1 Å². The Labute approximate surface area is 123 Å². The van der Waals surface area contributed by atoms with Gasteiger partial charge in [-0.3, -0.25) is 9.78 Å². The zero-order valence-corrected chi connectivity index (χ0v) is 12.2. The summed E-state index contributed by atoms with van der Waals surface area (Å²) >= 11 is 0. The first kappa shape index (κ1) is 15.2. The van der Waals surface area contributed by atoms with Crippen molar-refractivity contribution in [2.45, 2.75) is 32.3 Å². The van der Waals surface area contributed by atoms with Gasteiger partial charge in [-0.25, -0.2) is 0 Å². The molecule has 6 nitrogen and oxygen atoms in total. The molecule has 6 heteroatoms. The maximum absolute atomic E-state index is 12.0. The van der Waals surface area contributed by atoms with Crippen molar-refractivity contribution < 1.29 is 14.4 Å². The molecule has 0 aliphatic rings. The average Bonchev–Trinajstić information content (AvgIpc) is 3.03. The van der Waals surface area contributed by atoms with Crippen molar-refractivity contribution in [1.29, 1.82) is 0 Å². The Morgan fingerprint density at radius 2 is 2.19 bits per heavy atom. The Balaban J connectivity index is 2.03. The third-order valence-electron chi connectivity index (χ3n) is 3.58. The largest absolute Gasteiger partial charge is 0.388 e. The molecule has 0 fully saturated rings. The Morgan fingerprint density at radius 3 is 2.81 bits per heavy atom. The molecule has 0 bridgehead atoms. The van der Waals surface area contributed by atoms with E-state index in [2.05, 4.69) is 15.5 Å². The van der Waals surface area contributed by atoms with Crippen LogP contribution in [0.25, 0.3) is 11.3 Å². The quantitative estimate of drug-likeness (QED) is 0.849. The van der Waals surface area contributed by atoms with Gasteiger partial charge in [0, 0.05) is 30.6 Å². The standard InChI is InChI=1S/C15H19N3O3/c1-3-15(20,4-2)10-17-14(19)12-8-13(21-18-12)11-6-5-7-16-9-11/h5-9,20H,3-4,10H2,1-2H3,(H,17,19). The van der Waals surface area contributed by atoms with Crippen molar-refractivity contribution in [2.24, 2.45) is 0 Å². The van der Waals surface area contributed by atoms with Gasteiger partial charge in [0.25, 0.3) is 5.91 Å². The van der Waals surface area contributed by atoms with Crippen LogP contribution in [0.1, 0.15) is 37.2 Å². The van der Waals surface area contributed by atoms with E-state index in [4.69, 9.17) is 4.52 Å². The minimum Gasteiger partial charge on any atom is -0.388 e. The SMILES string of the molecule is CCC(O)(CC)CNC(=O)c1cc(-c2cccnc2)on1. The average molecular weight is 289 g/mol. The fourth-order valence-electron chi connectivity index (χ4n) is 1.86. The third-order valence-corrected chi connectivity index (χ3v) is 3.58. The second kappa shape index (κ2) is 6.49. The monoisotopic (exact) mass is 289 g/mol. The zero-order chi connectivity index (χ0) is 15.3. The smallest absolute Gasteiger partial charge is 0.273 e. The van der Waals surface area contributed by atoms with Crippen molar-refractivity contribution in [3.8, 4) is 11.3 Å². The van der Waals surface area contributed by atoms with Gasteiger partial charge < -0.3 is 14.9 Å². The maximum atomic E-state index is 12.0. The number of carbonyl (C=O) groups excluding carboxylic acids is 1. The van der Waals surface area contributed by atoms with Crippen LogP contribution < -0.4 is 5.32 Å². The number of amides is 1. The minimum absolute atomic E-state index is 0.184. The predicted octanol–water partition coefficient (Wildman–Crippen LogP) is 2.02. The Bertz CT molecular complexity index is 591. The van der Waals surface area contributed by atoms with Crippen molar-refractivity contribution in [2.75, 3.05) is 6.54 Å². The molecule has 0 saturated carbocycles. The molecule has 112 valence electrons.